The van der Waals surface area contributed by atoms with Crippen molar-refractivity contribution in [2.24, 2.45) is 5.92 Å². The number of aromatic nitrogens is 1. The summed E-state index contributed by atoms with van der Waals surface area (Å²) in [7, 11) is 0. The Morgan fingerprint density at radius 3 is 2.92 bits per heavy atom. The lowest BCUT2D eigenvalue weighted by molar-refractivity contribution is 0.0449. The standard InChI is InChI=1S/C19H29N3O2/c1-19(2,3)24-18(23)22-16-11-13(12-16)6-8-15-9-7-14-5-4-10-20-17(14)21-15/h7,9,13,16H,4-6,8,10-12H2,1-3H3,(H,20,21)(H,22,23). The minimum atomic E-state index is -0.431. The van der Waals surface area contributed by atoms with Gasteiger partial charge in [-0.2, -0.15) is 0 Å². The van der Waals surface area contributed by atoms with Crippen molar-refractivity contribution in [1.82, 2.24) is 10.3 Å². The van der Waals surface area contributed by atoms with Crippen LogP contribution in [-0.2, 0) is 17.6 Å². The van der Waals surface area contributed by atoms with Gasteiger partial charge in [-0.1, -0.05) is 6.07 Å². The van der Waals surface area contributed by atoms with E-state index >= 15 is 0 Å². The average molecular weight is 331 g/mol. The lowest BCUT2D eigenvalue weighted by atomic mass is 9.77. The summed E-state index contributed by atoms with van der Waals surface area (Å²) in [5.74, 6) is 1.76. The third kappa shape index (κ3) is 4.62. The fourth-order valence-electron chi connectivity index (χ4n) is 3.42. The molecule has 2 aliphatic rings. The van der Waals surface area contributed by atoms with E-state index < -0.39 is 5.60 Å². The van der Waals surface area contributed by atoms with Gasteiger partial charge in [0, 0.05) is 18.3 Å². The van der Waals surface area contributed by atoms with Crippen LogP contribution < -0.4 is 10.6 Å². The highest BCUT2D eigenvalue weighted by atomic mass is 16.6. The summed E-state index contributed by atoms with van der Waals surface area (Å²) in [5.41, 5.74) is 2.08. The number of anilines is 1. The second-order valence-corrected chi connectivity index (χ2v) is 8.06. The molecule has 1 aliphatic heterocycles. The number of carbonyl (C=O) groups excluding carboxylic acids is 1. The highest BCUT2D eigenvalue weighted by molar-refractivity contribution is 5.68. The Hall–Kier alpha value is -1.78. The number of aryl methyl sites for hydroxylation is 2. The van der Waals surface area contributed by atoms with Crippen LogP contribution in [0.1, 0.15) is 57.7 Å². The van der Waals surface area contributed by atoms with Crippen LogP contribution in [0.2, 0.25) is 0 Å². The largest absolute Gasteiger partial charge is 0.444 e. The molecule has 1 aliphatic carbocycles. The van der Waals surface area contributed by atoms with E-state index in [4.69, 9.17) is 9.72 Å². The summed E-state index contributed by atoms with van der Waals surface area (Å²) in [6.07, 6.45) is 6.27. The number of amides is 1. The number of hydrogen-bond acceptors (Lipinski definition) is 4. The van der Waals surface area contributed by atoms with Gasteiger partial charge in [-0.05, 0) is 76.8 Å². The van der Waals surface area contributed by atoms with Gasteiger partial charge in [0.1, 0.15) is 11.4 Å². The normalized spacial score (nSPS) is 22.8. The number of hydrogen-bond donors (Lipinski definition) is 2. The molecule has 0 saturated heterocycles. The maximum atomic E-state index is 11.7. The fraction of sp³-hybridized carbons (Fsp3) is 0.684. The molecule has 0 spiro atoms. The Kier molecular flexibility index (Phi) is 4.97. The SMILES string of the molecule is CC(C)(C)OC(=O)NC1CC(CCc2ccc3c(n2)NCCC3)C1. The van der Waals surface area contributed by atoms with Crippen LogP contribution in [0.5, 0.6) is 0 Å². The zero-order valence-electron chi connectivity index (χ0n) is 15.0. The maximum Gasteiger partial charge on any atom is 0.407 e. The first-order chi connectivity index (χ1) is 11.4. The zero-order chi connectivity index (χ0) is 17.2. The van der Waals surface area contributed by atoms with Gasteiger partial charge in [0.05, 0.1) is 0 Å². The summed E-state index contributed by atoms with van der Waals surface area (Å²) in [6, 6.07) is 4.65. The summed E-state index contributed by atoms with van der Waals surface area (Å²) in [4.78, 5) is 16.5. The molecule has 1 saturated carbocycles. The van der Waals surface area contributed by atoms with E-state index in [2.05, 4.69) is 22.8 Å². The van der Waals surface area contributed by atoms with Crippen LogP contribution in [-0.4, -0.2) is 29.3 Å². The quantitative estimate of drug-likeness (QED) is 0.883. The second-order valence-electron chi connectivity index (χ2n) is 8.06. The zero-order valence-corrected chi connectivity index (χ0v) is 15.0. The van der Waals surface area contributed by atoms with E-state index in [1.807, 2.05) is 20.8 Å². The Morgan fingerprint density at radius 1 is 1.38 bits per heavy atom. The van der Waals surface area contributed by atoms with E-state index in [1.165, 1.54) is 17.7 Å². The number of carbonyl (C=O) groups is 1. The molecule has 2 N–H and O–H groups in total. The fourth-order valence-corrected chi connectivity index (χ4v) is 3.42. The molecule has 3 rings (SSSR count). The lowest BCUT2D eigenvalue weighted by Gasteiger charge is -2.36. The van der Waals surface area contributed by atoms with Crippen LogP contribution in [0, 0.1) is 5.92 Å². The molecule has 5 heteroatoms. The minimum Gasteiger partial charge on any atom is -0.444 e. The Balaban J connectivity index is 1.38. The van der Waals surface area contributed by atoms with Crippen molar-refractivity contribution < 1.29 is 9.53 Å². The van der Waals surface area contributed by atoms with Crippen molar-refractivity contribution >= 4 is 11.9 Å². The first-order valence-corrected chi connectivity index (χ1v) is 9.11. The number of nitrogens with zero attached hydrogens (tertiary/aromatic N) is 1. The summed E-state index contributed by atoms with van der Waals surface area (Å²) in [6.45, 7) is 6.69. The Morgan fingerprint density at radius 2 is 2.17 bits per heavy atom. The molecule has 5 nitrogen and oxygen atoms in total. The molecule has 0 unspecified atom stereocenters. The van der Waals surface area contributed by atoms with Crippen molar-refractivity contribution in [2.45, 2.75) is 70.9 Å². The maximum absolute atomic E-state index is 11.7. The molecule has 2 heterocycles. The van der Waals surface area contributed by atoms with Crippen molar-refractivity contribution in [3.63, 3.8) is 0 Å². The highest BCUT2D eigenvalue weighted by Crippen LogP contribution is 2.32. The molecule has 0 radical (unpaired) electrons. The van der Waals surface area contributed by atoms with Crippen LogP contribution in [0.25, 0.3) is 0 Å². The second kappa shape index (κ2) is 6.99. The van der Waals surface area contributed by atoms with E-state index in [0.29, 0.717) is 5.92 Å². The average Bonchev–Trinajstić information content (AvgIpc) is 2.47. The van der Waals surface area contributed by atoms with E-state index in [-0.39, 0.29) is 12.1 Å². The number of nitrogens with one attached hydrogen (secondary N) is 2. The molecule has 0 bridgehead atoms. The summed E-state index contributed by atoms with van der Waals surface area (Å²) in [5, 5.41) is 6.35. The highest BCUT2D eigenvalue weighted by Gasteiger charge is 2.31. The smallest absolute Gasteiger partial charge is 0.407 e. The third-order valence-corrected chi connectivity index (χ3v) is 4.72. The van der Waals surface area contributed by atoms with Crippen LogP contribution in [0.3, 0.4) is 0 Å². The monoisotopic (exact) mass is 331 g/mol. The Labute approximate surface area is 144 Å². The molecule has 0 aromatic carbocycles. The van der Waals surface area contributed by atoms with Gasteiger partial charge >= 0.3 is 6.09 Å². The van der Waals surface area contributed by atoms with Crippen molar-refractivity contribution in [1.29, 1.82) is 0 Å². The molecular formula is C19H29N3O2. The van der Waals surface area contributed by atoms with Gasteiger partial charge < -0.3 is 15.4 Å². The van der Waals surface area contributed by atoms with E-state index in [9.17, 15) is 4.79 Å². The van der Waals surface area contributed by atoms with Crippen LogP contribution in [0.4, 0.5) is 10.6 Å². The Bertz CT molecular complexity index is 589. The number of pyridine rings is 1. The van der Waals surface area contributed by atoms with E-state index in [1.54, 1.807) is 0 Å². The van der Waals surface area contributed by atoms with Gasteiger partial charge in [0.25, 0.3) is 0 Å². The molecule has 1 aromatic rings. The van der Waals surface area contributed by atoms with Crippen molar-refractivity contribution in [3.8, 4) is 0 Å². The van der Waals surface area contributed by atoms with E-state index in [0.717, 1.165) is 44.5 Å². The molecular weight excluding hydrogens is 302 g/mol. The molecule has 1 amide bonds. The summed E-state index contributed by atoms with van der Waals surface area (Å²) < 4.78 is 5.29. The number of rotatable bonds is 4. The van der Waals surface area contributed by atoms with Gasteiger partial charge in [-0.15, -0.1) is 0 Å². The molecule has 1 fully saturated rings. The first-order valence-electron chi connectivity index (χ1n) is 9.11. The third-order valence-electron chi connectivity index (χ3n) is 4.72. The summed E-state index contributed by atoms with van der Waals surface area (Å²) >= 11 is 0. The molecule has 0 atom stereocenters. The van der Waals surface area contributed by atoms with Gasteiger partial charge in [0.2, 0.25) is 0 Å². The number of alkyl carbamates (subject to hydrolysis) is 1. The number of fused-ring (bicyclic) bond motifs is 1. The van der Waals surface area contributed by atoms with Crippen molar-refractivity contribution in [3.05, 3.63) is 23.4 Å². The predicted octanol–water partition coefficient (Wildman–Crippen LogP) is 3.68. The van der Waals surface area contributed by atoms with Crippen LogP contribution >= 0.6 is 0 Å². The molecule has 24 heavy (non-hydrogen) atoms. The number of ether oxygens (including phenoxy) is 1. The molecule has 132 valence electrons. The van der Waals surface area contributed by atoms with Crippen LogP contribution in [0.15, 0.2) is 12.1 Å². The van der Waals surface area contributed by atoms with Gasteiger partial charge in [0.15, 0.2) is 0 Å². The van der Waals surface area contributed by atoms with Crippen molar-refractivity contribution in [2.75, 3.05) is 11.9 Å². The topological polar surface area (TPSA) is 63.2 Å². The molecule has 1 aromatic heterocycles. The first kappa shape index (κ1) is 17.1. The van der Waals surface area contributed by atoms with Gasteiger partial charge in [-0.25, -0.2) is 9.78 Å². The predicted molar refractivity (Wildman–Crippen MR) is 95.3 cm³/mol. The minimum absolute atomic E-state index is 0.267. The van der Waals surface area contributed by atoms with Gasteiger partial charge in [-0.3, -0.25) is 0 Å². The lowest BCUT2D eigenvalue weighted by Crippen LogP contribution is -2.46.